The number of nitro groups is 1. The van der Waals surface area contributed by atoms with E-state index in [1.807, 2.05) is 20.8 Å². The minimum atomic E-state index is -3.91. The van der Waals surface area contributed by atoms with Crippen molar-refractivity contribution in [2.75, 3.05) is 0 Å². The van der Waals surface area contributed by atoms with Gasteiger partial charge in [0.1, 0.15) is 17.6 Å². The number of hydrazone groups is 1. The van der Waals surface area contributed by atoms with E-state index in [0.717, 1.165) is 5.56 Å². The van der Waals surface area contributed by atoms with Crippen molar-refractivity contribution < 1.29 is 22.6 Å². The van der Waals surface area contributed by atoms with Crippen LogP contribution in [0, 0.1) is 23.0 Å². The maximum Gasteiger partial charge on any atom is 0.270 e. The third-order valence-electron chi connectivity index (χ3n) is 5.07. The molecule has 0 spiro atoms. The summed E-state index contributed by atoms with van der Waals surface area (Å²) in [7, 11) is -3.91. The van der Waals surface area contributed by atoms with Crippen molar-refractivity contribution in [3.8, 4) is 11.3 Å². The number of furan rings is 1. The van der Waals surface area contributed by atoms with Gasteiger partial charge >= 0.3 is 0 Å². The Kier molecular flexibility index (Phi) is 8.77. The van der Waals surface area contributed by atoms with E-state index in [4.69, 9.17) is 4.42 Å². The lowest BCUT2D eigenvalue weighted by molar-refractivity contribution is -0.384. The third kappa shape index (κ3) is 7.09. The molecule has 1 heterocycles. The third-order valence-corrected chi connectivity index (χ3v) is 7.22. The van der Waals surface area contributed by atoms with Crippen LogP contribution in [-0.2, 0) is 14.8 Å². The zero-order chi connectivity index (χ0) is 26.5. The highest BCUT2D eigenvalue weighted by molar-refractivity contribution is 9.10. The Hall–Kier alpha value is -3.35. The summed E-state index contributed by atoms with van der Waals surface area (Å²) < 4.78 is 34.2. The zero-order valence-corrected chi connectivity index (χ0v) is 22.2. The van der Waals surface area contributed by atoms with Crippen molar-refractivity contribution in [2.24, 2.45) is 11.0 Å². The minimum Gasteiger partial charge on any atom is -0.455 e. The zero-order valence-electron chi connectivity index (χ0n) is 19.8. The lowest BCUT2D eigenvalue weighted by Crippen LogP contribution is -2.46. The van der Waals surface area contributed by atoms with Crippen LogP contribution in [0.5, 0.6) is 0 Å². The van der Waals surface area contributed by atoms with Gasteiger partial charge in [0.2, 0.25) is 10.0 Å². The normalized spacial score (nSPS) is 12.7. The summed E-state index contributed by atoms with van der Waals surface area (Å²) in [6.45, 7) is 5.61. The maximum absolute atomic E-state index is 12.8. The standard InChI is InChI=1S/C24H25BrN4O6S/c1-15(2)12-22(28-36(33,34)19-8-4-16(3)5-9-19)24(30)27-26-14-18-7-11-23(35-18)20-10-6-17(29(31)32)13-21(20)25/h4-11,13-15,22,28H,12H2,1-3H3,(H,27,30)/b26-14-/t22-/m0/s1. The lowest BCUT2D eigenvalue weighted by Gasteiger charge is -2.19. The topological polar surface area (TPSA) is 144 Å². The van der Waals surface area contributed by atoms with Gasteiger partial charge in [0, 0.05) is 22.2 Å². The first kappa shape index (κ1) is 27.2. The summed E-state index contributed by atoms with van der Waals surface area (Å²) in [5, 5.41) is 14.8. The Labute approximate surface area is 217 Å². The smallest absolute Gasteiger partial charge is 0.270 e. The predicted octanol–water partition coefficient (Wildman–Crippen LogP) is 4.77. The molecule has 0 fully saturated rings. The second-order valence-electron chi connectivity index (χ2n) is 8.47. The molecule has 3 aromatic rings. The summed E-state index contributed by atoms with van der Waals surface area (Å²) in [6.07, 6.45) is 1.55. The van der Waals surface area contributed by atoms with Crippen LogP contribution in [0.4, 0.5) is 5.69 Å². The first-order valence-corrected chi connectivity index (χ1v) is 13.2. The Morgan fingerprint density at radius 2 is 1.86 bits per heavy atom. The van der Waals surface area contributed by atoms with E-state index in [1.54, 1.807) is 30.3 Å². The second kappa shape index (κ2) is 11.6. The van der Waals surface area contributed by atoms with Crippen molar-refractivity contribution in [1.29, 1.82) is 0 Å². The van der Waals surface area contributed by atoms with Gasteiger partial charge in [-0.25, -0.2) is 13.8 Å². The minimum absolute atomic E-state index is 0.0400. The predicted molar refractivity (Wildman–Crippen MR) is 139 cm³/mol. The average Bonchev–Trinajstić information content (AvgIpc) is 3.26. The highest BCUT2D eigenvalue weighted by atomic mass is 79.9. The number of hydrogen-bond acceptors (Lipinski definition) is 7. The molecule has 0 aliphatic rings. The van der Waals surface area contributed by atoms with Crippen molar-refractivity contribution in [2.45, 2.75) is 38.1 Å². The molecule has 0 saturated heterocycles. The quantitative estimate of drug-likeness (QED) is 0.202. The van der Waals surface area contributed by atoms with Gasteiger partial charge in [-0.15, -0.1) is 0 Å². The molecule has 1 atom stereocenters. The van der Waals surface area contributed by atoms with E-state index >= 15 is 0 Å². The van der Waals surface area contributed by atoms with Gasteiger partial charge in [-0.05, 0) is 65.5 Å². The van der Waals surface area contributed by atoms with E-state index in [0.29, 0.717) is 21.6 Å². The number of hydrogen-bond donors (Lipinski definition) is 2. The lowest BCUT2D eigenvalue weighted by atomic mass is 10.0. The number of aryl methyl sites for hydroxylation is 1. The molecule has 1 amide bonds. The van der Waals surface area contributed by atoms with E-state index in [-0.39, 0.29) is 22.9 Å². The summed E-state index contributed by atoms with van der Waals surface area (Å²) >= 11 is 3.30. The molecular formula is C24H25BrN4O6S. The molecular weight excluding hydrogens is 552 g/mol. The molecule has 36 heavy (non-hydrogen) atoms. The molecule has 0 unspecified atom stereocenters. The van der Waals surface area contributed by atoms with Crippen LogP contribution in [-0.4, -0.2) is 31.5 Å². The first-order valence-electron chi connectivity index (χ1n) is 10.9. The van der Waals surface area contributed by atoms with Crippen LogP contribution in [0.15, 0.2) is 73.5 Å². The second-order valence-corrected chi connectivity index (χ2v) is 11.0. The number of rotatable bonds is 10. The van der Waals surface area contributed by atoms with Gasteiger partial charge < -0.3 is 4.42 Å². The molecule has 0 saturated carbocycles. The maximum atomic E-state index is 12.8. The number of halogens is 1. The Morgan fingerprint density at radius 1 is 1.17 bits per heavy atom. The van der Waals surface area contributed by atoms with Gasteiger partial charge in [0.15, 0.2) is 0 Å². The molecule has 0 radical (unpaired) electrons. The highest BCUT2D eigenvalue weighted by Crippen LogP contribution is 2.32. The average molecular weight is 577 g/mol. The molecule has 0 aliphatic carbocycles. The van der Waals surface area contributed by atoms with Gasteiger partial charge in [-0.3, -0.25) is 14.9 Å². The van der Waals surface area contributed by atoms with Gasteiger partial charge in [0.05, 0.1) is 16.0 Å². The molecule has 10 nitrogen and oxygen atoms in total. The molecule has 2 aromatic carbocycles. The van der Waals surface area contributed by atoms with Gasteiger partial charge in [0.25, 0.3) is 11.6 Å². The van der Waals surface area contributed by atoms with Crippen LogP contribution >= 0.6 is 15.9 Å². The monoisotopic (exact) mass is 576 g/mol. The number of amides is 1. The van der Waals surface area contributed by atoms with Crippen molar-refractivity contribution in [3.63, 3.8) is 0 Å². The molecule has 3 rings (SSSR count). The number of sulfonamides is 1. The van der Waals surface area contributed by atoms with Crippen molar-refractivity contribution in [1.82, 2.24) is 10.1 Å². The Bertz CT molecular complexity index is 1380. The number of nitrogens with zero attached hydrogens (tertiary/aromatic N) is 2. The van der Waals surface area contributed by atoms with Crippen LogP contribution in [0.25, 0.3) is 11.3 Å². The number of carbonyl (C=O) groups excluding carboxylic acids is 1. The summed E-state index contributed by atoms with van der Waals surface area (Å²) in [5.74, 6) is 0.183. The van der Waals surface area contributed by atoms with Crippen molar-refractivity contribution in [3.05, 3.63) is 80.5 Å². The number of non-ortho nitro benzene ring substituents is 1. The highest BCUT2D eigenvalue weighted by Gasteiger charge is 2.26. The molecule has 0 aliphatic heterocycles. The fourth-order valence-corrected chi connectivity index (χ4v) is 5.05. The van der Waals surface area contributed by atoms with Crippen LogP contribution in [0.1, 0.15) is 31.6 Å². The van der Waals surface area contributed by atoms with E-state index in [1.165, 1.54) is 30.5 Å². The Balaban J connectivity index is 1.69. The first-order chi connectivity index (χ1) is 17.0. The summed E-state index contributed by atoms with van der Waals surface area (Å²) in [4.78, 5) is 23.2. The van der Waals surface area contributed by atoms with E-state index in [2.05, 4.69) is 31.2 Å². The number of carbonyl (C=O) groups is 1. The van der Waals surface area contributed by atoms with Crippen LogP contribution in [0.2, 0.25) is 0 Å². The van der Waals surface area contributed by atoms with Gasteiger partial charge in [-0.2, -0.15) is 9.82 Å². The molecule has 190 valence electrons. The molecule has 0 bridgehead atoms. The van der Waals surface area contributed by atoms with E-state index < -0.39 is 26.9 Å². The van der Waals surface area contributed by atoms with E-state index in [9.17, 15) is 23.3 Å². The molecule has 2 N–H and O–H groups in total. The van der Waals surface area contributed by atoms with Crippen LogP contribution < -0.4 is 10.1 Å². The van der Waals surface area contributed by atoms with Crippen LogP contribution in [0.3, 0.4) is 0 Å². The fraction of sp³-hybridized carbons (Fsp3) is 0.250. The fourth-order valence-electron chi connectivity index (χ4n) is 3.27. The van der Waals surface area contributed by atoms with Gasteiger partial charge in [-0.1, -0.05) is 31.5 Å². The molecule has 1 aromatic heterocycles. The molecule has 12 heteroatoms. The number of nitro benzene ring substituents is 1. The Morgan fingerprint density at radius 3 is 2.47 bits per heavy atom. The number of benzene rings is 2. The SMILES string of the molecule is Cc1ccc(S(=O)(=O)N[C@@H](CC(C)C)C(=O)N/N=C\c2ccc(-c3ccc([N+](=O)[O-])cc3Br)o2)cc1. The number of nitrogens with one attached hydrogen (secondary N) is 2. The largest absolute Gasteiger partial charge is 0.455 e. The summed E-state index contributed by atoms with van der Waals surface area (Å²) in [5.41, 5.74) is 3.82. The summed E-state index contributed by atoms with van der Waals surface area (Å²) in [6, 6.07) is 12.9. The van der Waals surface area contributed by atoms with Crippen molar-refractivity contribution >= 4 is 43.8 Å².